The van der Waals surface area contributed by atoms with E-state index in [-0.39, 0.29) is 12.0 Å². The van der Waals surface area contributed by atoms with Crippen LogP contribution in [0.15, 0.2) is 0 Å². The molecule has 0 saturated carbocycles. The molecule has 0 aromatic rings. The predicted molar refractivity (Wildman–Crippen MR) is 42.1 cm³/mol. The first-order chi connectivity index (χ1) is 5.24. The zero-order valence-corrected chi connectivity index (χ0v) is 6.92. The van der Waals surface area contributed by atoms with Crippen LogP contribution in [0.2, 0.25) is 0 Å². The summed E-state index contributed by atoms with van der Waals surface area (Å²) >= 11 is 0. The number of β-amino-alcohol motifs (C(OH)–C–C–N with tert-alkyl or cyclic N) is 1. The average molecular weight is 157 g/mol. The minimum absolute atomic E-state index is 0.156. The highest BCUT2D eigenvalue weighted by atomic mass is 16.3. The molecular weight excluding hydrogens is 142 g/mol. The van der Waals surface area contributed by atoms with Crippen LogP contribution >= 0.6 is 0 Å². The highest BCUT2D eigenvalue weighted by Gasteiger charge is 2.20. The Bertz CT molecular complexity index is 147. The lowest BCUT2D eigenvalue weighted by molar-refractivity contribution is -0.133. The molecule has 3 heteroatoms. The summed E-state index contributed by atoms with van der Waals surface area (Å²) in [6.07, 6.45) is 2.03. The van der Waals surface area contributed by atoms with Crippen LogP contribution in [0.3, 0.4) is 0 Å². The molecule has 3 nitrogen and oxygen atoms in total. The van der Waals surface area contributed by atoms with Crippen molar-refractivity contribution in [2.45, 2.75) is 32.3 Å². The van der Waals surface area contributed by atoms with Gasteiger partial charge in [0.2, 0.25) is 5.91 Å². The van der Waals surface area contributed by atoms with E-state index in [9.17, 15) is 9.90 Å². The number of nitrogens with zero attached hydrogens (tertiary/aromatic N) is 1. The largest absolute Gasteiger partial charge is 0.391 e. The number of carbonyl (C=O) groups excluding carboxylic acids is 1. The third-order valence-electron chi connectivity index (χ3n) is 2.05. The second kappa shape index (κ2) is 3.72. The van der Waals surface area contributed by atoms with E-state index in [1.54, 1.807) is 4.90 Å². The standard InChI is InChI=1S/C8H15NO2/c1-2-8(11)9-5-3-4-7(10)6-9/h7,10H,2-6H2,1H3/t7-/m1/s1. The number of hydrogen-bond acceptors (Lipinski definition) is 2. The van der Waals surface area contributed by atoms with Crippen LogP contribution < -0.4 is 0 Å². The van der Waals surface area contributed by atoms with Gasteiger partial charge >= 0.3 is 0 Å². The van der Waals surface area contributed by atoms with E-state index in [0.29, 0.717) is 13.0 Å². The van der Waals surface area contributed by atoms with Gasteiger partial charge < -0.3 is 10.0 Å². The van der Waals surface area contributed by atoms with Gasteiger partial charge in [0.1, 0.15) is 0 Å². The molecular formula is C8H15NO2. The summed E-state index contributed by atoms with van der Waals surface area (Å²) in [5.74, 6) is 0.156. The Morgan fingerprint density at radius 2 is 2.45 bits per heavy atom. The number of carbonyl (C=O) groups is 1. The minimum atomic E-state index is -0.292. The maximum Gasteiger partial charge on any atom is 0.222 e. The molecule has 0 aliphatic carbocycles. The molecule has 0 spiro atoms. The minimum Gasteiger partial charge on any atom is -0.391 e. The Morgan fingerprint density at radius 1 is 1.73 bits per heavy atom. The summed E-state index contributed by atoms with van der Waals surface area (Å²) in [7, 11) is 0. The molecule has 1 fully saturated rings. The third kappa shape index (κ3) is 2.19. The Hall–Kier alpha value is -0.570. The average Bonchev–Trinajstić information content (AvgIpc) is 2.03. The molecule has 0 radical (unpaired) electrons. The second-order valence-electron chi connectivity index (χ2n) is 2.99. The number of rotatable bonds is 1. The summed E-state index contributed by atoms with van der Waals surface area (Å²) in [6.45, 7) is 3.21. The van der Waals surface area contributed by atoms with Gasteiger partial charge in [0, 0.05) is 19.5 Å². The van der Waals surface area contributed by atoms with Crippen molar-refractivity contribution >= 4 is 5.91 Å². The van der Waals surface area contributed by atoms with E-state index in [4.69, 9.17) is 0 Å². The van der Waals surface area contributed by atoms with E-state index in [1.807, 2.05) is 6.92 Å². The van der Waals surface area contributed by atoms with Crippen molar-refractivity contribution < 1.29 is 9.90 Å². The van der Waals surface area contributed by atoms with Gasteiger partial charge in [0.15, 0.2) is 0 Å². The fourth-order valence-electron chi connectivity index (χ4n) is 1.40. The fourth-order valence-corrected chi connectivity index (χ4v) is 1.40. The van der Waals surface area contributed by atoms with Crippen LogP contribution in [0.4, 0.5) is 0 Å². The molecule has 0 aromatic carbocycles. The molecule has 0 bridgehead atoms. The zero-order valence-electron chi connectivity index (χ0n) is 6.92. The first kappa shape index (κ1) is 8.53. The van der Waals surface area contributed by atoms with Crippen LogP contribution in [-0.4, -0.2) is 35.1 Å². The first-order valence-corrected chi connectivity index (χ1v) is 4.20. The van der Waals surface area contributed by atoms with Gasteiger partial charge in [0.05, 0.1) is 6.10 Å². The van der Waals surface area contributed by atoms with Gasteiger partial charge in [-0.2, -0.15) is 0 Å². The monoisotopic (exact) mass is 157 g/mol. The molecule has 1 atom stereocenters. The molecule has 1 saturated heterocycles. The van der Waals surface area contributed by atoms with Crippen LogP contribution in [0.25, 0.3) is 0 Å². The maximum atomic E-state index is 11.1. The van der Waals surface area contributed by atoms with Gasteiger partial charge in [-0.3, -0.25) is 4.79 Å². The molecule has 1 N–H and O–H groups in total. The van der Waals surface area contributed by atoms with Crippen LogP contribution in [0, 0.1) is 0 Å². The Balaban J connectivity index is 2.39. The number of piperidine rings is 1. The van der Waals surface area contributed by atoms with Crippen LogP contribution in [0.1, 0.15) is 26.2 Å². The van der Waals surface area contributed by atoms with E-state index < -0.39 is 0 Å². The number of aliphatic hydroxyl groups is 1. The third-order valence-corrected chi connectivity index (χ3v) is 2.05. The second-order valence-corrected chi connectivity index (χ2v) is 2.99. The van der Waals surface area contributed by atoms with Crippen LogP contribution in [0.5, 0.6) is 0 Å². The summed E-state index contributed by atoms with van der Waals surface area (Å²) in [5, 5.41) is 9.23. The van der Waals surface area contributed by atoms with E-state index >= 15 is 0 Å². The fraction of sp³-hybridized carbons (Fsp3) is 0.875. The van der Waals surface area contributed by atoms with Gasteiger partial charge in [-0.1, -0.05) is 6.92 Å². The van der Waals surface area contributed by atoms with Gasteiger partial charge in [-0.15, -0.1) is 0 Å². The van der Waals surface area contributed by atoms with E-state index in [0.717, 1.165) is 19.4 Å². The molecule has 0 aromatic heterocycles. The van der Waals surface area contributed by atoms with Crippen LogP contribution in [-0.2, 0) is 4.79 Å². The number of aliphatic hydroxyl groups excluding tert-OH is 1. The molecule has 1 heterocycles. The number of likely N-dealkylation sites (tertiary alicyclic amines) is 1. The Kier molecular flexibility index (Phi) is 2.88. The summed E-state index contributed by atoms with van der Waals surface area (Å²) < 4.78 is 0. The molecule has 64 valence electrons. The first-order valence-electron chi connectivity index (χ1n) is 4.20. The molecule has 1 amide bonds. The van der Waals surface area contributed by atoms with Gasteiger partial charge in [-0.25, -0.2) is 0 Å². The smallest absolute Gasteiger partial charge is 0.222 e. The van der Waals surface area contributed by atoms with Crippen molar-refractivity contribution in [3.8, 4) is 0 Å². The van der Waals surface area contributed by atoms with Gasteiger partial charge in [-0.05, 0) is 12.8 Å². The Labute approximate surface area is 67.0 Å². The summed E-state index contributed by atoms with van der Waals surface area (Å²) in [4.78, 5) is 12.9. The number of amides is 1. The maximum absolute atomic E-state index is 11.1. The molecule has 1 rings (SSSR count). The highest BCUT2D eigenvalue weighted by molar-refractivity contribution is 5.75. The van der Waals surface area contributed by atoms with Crippen molar-refractivity contribution in [1.29, 1.82) is 0 Å². The zero-order chi connectivity index (χ0) is 8.27. The van der Waals surface area contributed by atoms with Gasteiger partial charge in [0.25, 0.3) is 0 Å². The number of hydrogen-bond donors (Lipinski definition) is 1. The van der Waals surface area contributed by atoms with E-state index in [2.05, 4.69) is 0 Å². The summed E-state index contributed by atoms with van der Waals surface area (Å²) in [6, 6.07) is 0. The topological polar surface area (TPSA) is 40.5 Å². The van der Waals surface area contributed by atoms with E-state index in [1.165, 1.54) is 0 Å². The van der Waals surface area contributed by atoms with Crippen molar-refractivity contribution in [3.05, 3.63) is 0 Å². The highest BCUT2D eigenvalue weighted by Crippen LogP contribution is 2.10. The normalized spacial score (nSPS) is 25.3. The SMILES string of the molecule is CCC(=O)N1CCC[C@@H](O)C1. The van der Waals surface area contributed by atoms with Crippen molar-refractivity contribution in [2.24, 2.45) is 0 Å². The molecule has 11 heavy (non-hydrogen) atoms. The molecule has 0 unspecified atom stereocenters. The Morgan fingerprint density at radius 3 is 3.00 bits per heavy atom. The predicted octanol–water partition coefficient (Wildman–Crippen LogP) is 0.380. The summed E-state index contributed by atoms with van der Waals surface area (Å²) in [5.41, 5.74) is 0. The van der Waals surface area contributed by atoms with Crippen molar-refractivity contribution in [2.75, 3.05) is 13.1 Å². The lowest BCUT2D eigenvalue weighted by Gasteiger charge is -2.29. The quantitative estimate of drug-likeness (QED) is 0.597. The van der Waals surface area contributed by atoms with Crippen molar-refractivity contribution in [1.82, 2.24) is 4.90 Å². The van der Waals surface area contributed by atoms with Crippen molar-refractivity contribution in [3.63, 3.8) is 0 Å². The molecule has 1 aliphatic heterocycles. The lowest BCUT2D eigenvalue weighted by Crippen LogP contribution is -2.41. The molecule has 1 aliphatic rings. The lowest BCUT2D eigenvalue weighted by atomic mass is 10.1.